The summed E-state index contributed by atoms with van der Waals surface area (Å²) in [4.78, 5) is 12.8. The smallest absolute Gasteiger partial charge is 0.312 e. The number of hydrogen-bond acceptors (Lipinski definition) is 4. The second-order valence-electron chi connectivity index (χ2n) is 7.64. The normalized spacial score (nSPS) is 28.6. The molecule has 0 amide bonds. The van der Waals surface area contributed by atoms with E-state index in [4.69, 9.17) is 16.3 Å². The molecule has 0 radical (unpaired) electrons. The minimum absolute atomic E-state index is 0.0603. The van der Waals surface area contributed by atoms with Gasteiger partial charge in [0.2, 0.25) is 0 Å². The van der Waals surface area contributed by atoms with Crippen molar-refractivity contribution in [3.8, 4) is 0 Å². The summed E-state index contributed by atoms with van der Waals surface area (Å²) >= 11 is 6.15. The van der Waals surface area contributed by atoms with Crippen LogP contribution >= 0.6 is 11.6 Å². The van der Waals surface area contributed by atoms with Crippen LogP contribution in [0.25, 0.3) is 0 Å². The van der Waals surface area contributed by atoms with Crippen molar-refractivity contribution < 1.29 is 19.7 Å². The number of carbonyl (C=O) groups is 1. The molecule has 26 heavy (non-hydrogen) atoms. The number of carbonyl (C=O) groups excluding carboxylic acids is 1. The summed E-state index contributed by atoms with van der Waals surface area (Å²) in [6.45, 7) is 4.18. The Morgan fingerprint density at radius 3 is 2.50 bits per heavy atom. The molecule has 0 saturated heterocycles. The maximum Gasteiger partial charge on any atom is 0.312 e. The zero-order valence-electron chi connectivity index (χ0n) is 14.7. The molecule has 4 nitrogen and oxygen atoms in total. The topological polar surface area (TPSA) is 66.8 Å². The van der Waals surface area contributed by atoms with Gasteiger partial charge in [-0.2, -0.15) is 0 Å². The van der Waals surface area contributed by atoms with Crippen LogP contribution in [0.5, 0.6) is 0 Å². The molecule has 136 valence electrons. The Morgan fingerprint density at radius 1 is 1.15 bits per heavy atom. The Hall–Kier alpha value is -1.88. The fraction of sp³-hybridized carbons (Fsp3) is 0.381. The molecule has 3 aliphatic carbocycles. The molecule has 3 unspecified atom stereocenters. The van der Waals surface area contributed by atoms with E-state index in [2.05, 4.69) is 0 Å². The standard InChI is InChI=1S/C21H21ClO4/c1-12(2)11-26-19(23)18-10-20(24)14-5-3-4-6-15(14)21(18,25)16-8-7-13(22)9-17(16)20/h3-9,12,18,24-25H,10-11H2,1-2H3. The van der Waals surface area contributed by atoms with E-state index < -0.39 is 23.1 Å². The van der Waals surface area contributed by atoms with E-state index in [1.165, 1.54) is 0 Å². The lowest BCUT2D eigenvalue weighted by atomic mass is 9.54. The minimum Gasteiger partial charge on any atom is -0.465 e. The number of fused-ring (bicyclic) bond motifs is 1. The average molecular weight is 373 g/mol. The first kappa shape index (κ1) is 17.5. The van der Waals surface area contributed by atoms with Crippen LogP contribution in [0.4, 0.5) is 0 Å². The summed E-state index contributed by atoms with van der Waals surface area (Å²) in [5.41, 5.74) is -0.696. The fourth-order valence-corrected chi connectivity index (χ4v) is 4.47. The van der Waals surface area contributed by atoms with Crippen LogP contribution in [0, 0.1) is 11.8 Å². The predicted octanol–water partition coefficient (Wildman–Crippen LogP) is 3.34. The minimum atomic E-state index is -1.55. The van der Waals surface area contributed by atoms with Crippen molar-refractivity contribution in [2.45, 2.75) is 31.5 Å². The van der Waals surface area contributed by atoms with Gasteiger partial charge in [0.15, 0.2) is 0 Å². The van der Waals surface area contributed by atoms with E-state index in [9.17, 15) is 15.0 Å². The summed E-state index contributed by atoms with van der Waals surface area (Å²) < 4.78 is 5.42. The van der Waals surface area contributed by atoms with Gasteiger partial charge in [0.1, 0.15) is 11.2 Å². The van der Waals surface area contributed by atoms with E-state index in [0.29, 0.717) is 27.3 Å². The molecule has 0 fully saturated rings. The third-order valence-electron chi connectivity index (χ3n) is 5.47. The monoisotopic (exact) mass is 372 g/mol. The number of rotatable bonds is 3. The average Bonchev–Trinajstić information content (AvgIpc) is 2.62. The van der Waals surface area contributed by atoms with Gasteiger partial charge >= 0.3 is 5.97 Å². The Balaban J connectivity index is 1.91. The highest BCUT2D eigenvalue weighted by molar-refractivity contribution is 6.30. The van der Waals surface area contributed by atoms with Gasteiger partial charge in [0.25, 0.3) is 0 Å². The molecule has 2 N–H and O–H groups in total. The van der Waals surface area contributed by atoms with Crippen LogP contribution in [0.15, 0.2) is 42.5 Å². The second-order valence-corrected chi connectivity index (χ2v) is 8.08. The van der Waals surface area contributed by atoms with E-state index in [-0.39, 0.29) is 18.9 Å². The first-order chi connectivity index (χ1) is 12.3. The summed E-state index contributed by atoms with van der Waals surface area (Å²) in [5, 5.41) is 23.8. The lowest BCUT2D eigenvalue weighted by Crippen LogP contribution is -2.57. The van der Waals surface area contributed by atoms with Crippen molar-refractivity contribution in [3.05, 3.63) is 69.7 Å². The van der Waals surface area contributed by atoms with Crippen molar-refractivity contribution in [2.24, 2.45) is 11.8 Å². The van der Waals surface area contributed by atoms with Crippen LogP contribution < -0.4 is 0 Å². The van der Waals surface area contributed by atoms with E-state index >= 15 is 0 Å². The molecule has 0 aromatic heterocycles. The first-order valence-corrected chi connectivity index (χ1v) is 9.18. The molecule has 5 rings (SSSR count). The lowest BCUT2D eigenvalue weighted by Gasteiger charge is -2.53. The van der Waals surface area contributed by atoms with E-state index in [1.807, 2.05) is 19.9 Å². The van der Waals surface area contributed by atoms with Crippen molar-refractivity contribution >= 4 is 17.6 Å². The van der Waals surface area contributed by atoms with Gasteiger partial charge in [0, 0.05) is 11.4 Å². The summed E-state index contributed by atoms with van der Waals surface area (Å²) in [6, 6.07) is 12.2. The van der Waals surface area contributed by atoms with Crippen LogP contribution in [-0.2, 0) is 20.7 Å². The Morgan fingerprint density at radius 2 is 1.81 bits per heavy atom. The van der Waals surface area contributed by atoms with Crippen molar-refractivity contribution in [2.75, 3.05) is 6.61 Å². The molecule has 3 atom stereocenters. The predicted molar refractivity (Wildman–Crippen MR) is 97.8 cm³/mol. The van der Waals surface area contributed by atoms with Gasteiger partial charge in [0.05, 0.1) is 12.5 Å². The molecule has 2 aromatic carbocycles. The Kier molecular flexibility index (Phi) is 3.92. The zero-order valence-corrected chi connectivity index (χ0v) is 15.5. The maximum absolute atomic E-state index is 12.8. The highest BCUT2D eigenvalue weighted by Gasteiger charge is 2.62. The second kappa shape index (κ2) is 5.81. The zero-order chi connectivity index (χ0) is 18.7. The van der Waals surface area contributed by atoms with Gasteiger partial charge in [-0.25, -0.2) is 0 Å². The number of hydrogen-bond donors (Lipinski definition) is 2. The molecule has 2 bridgehead atoms. The maximum atomic E-state index is 12.8. The molecule has 3 aliphatic rings. The number of halogens is 1. The van der Waals surface area contributed by atoms with Crippen molar-refractivity contribution in [3.63, 3.8) is 0 Å². The molecular weight excluding hydrogens is 352 g/mol. The molecule has 2 aromatic rings. The van der Waals surface area contributed by atoms with Gasteiger partial charge in [-0.3, -0.25) is 4.79 Å². The lowest BCUT2D eigenvalue weighted by molar-refractivity contribution is -0.167. The molecule has 0 spiro atoms. The Bertz CT molecular complexity index is 893. The largest absolute Gasteiger partial charge is 0.465 e. The van der Waals surface area contributed by atoms with Crippen LogP contribution in [0.3, 0.4) is 0 Å². The molecular formula is C21H21ClO4. The number of benzene rings is 2. The highest BCUT2D eigenvalue weighted by atomic mass is 35.5. The molecule has 5 heteroatoms. The third-order valence-corrected chi connectivity index (χ3v) is 5.70. The quantitative estimate of drug-likeness (QED) is 0.811. The van der Waals surface area contributed by atoms with Crippen molar-refractivity contribution in [1.29, 1.82) is 0 Å². The van der Waals surface area contributed by atoms with Crippen LogP contribution in [0.2, 0.25) is 5.02 Å². The SMILES string of the molecule is CC(C)COC(=O)C1CC2(O)c3ccccc3C1(O)c1ccc(Cl)cc12. The third kappa shape index (κ3) is 2.26. The van der Waals surface area contributed by atoms with Gasteiger partial charge < -0.3 is 14.9 Å². The summed E-state index contributed by atoms with van der Waals surface area (Å²) in [6.07, 6.45) is 0.0603. The van der Waals surface area contributed by atoms with Gasteiger partial charge in [-0.1, -0.05) is 55.8 Å². The molecule has 0 saturated carbocycles. The Labute approximate surface area is 157 Å². The van der Waals surface area contributed by atoms with E-state index in [1.54, 1.807) is 36.4 Å². The van der Waals surface area contributed by atoms with Gasteiger partial charge in [-0.05, 0) is 40.3 Å². The molecule has 0 heterocycles. The fourth-order valence-electron chi connectivity index (χ4n) is 4.30. The summed E-state index contributed by atoms with van der Waals surface area (Å²) in [5.74, 6) is -1.18. The van der Waals surface area contributed by atoms with Crippen LogP contribution in [0.1, 0.15) is 42.5 Å². The van der Waals surface area contributed by atoms with Crippen LogP contribution in [-0.4, -0.2) is 22.8 Å². The summed E-state index contributed by atoms with van der Waals surface area (Å²) in [7, 11) is 0. The molecule has 0 aliphatic heterocycles. The number of ether oxygens (including phenoxy) is 1. The van der Waals surface area contributed by atoms with Gasteiger partial charge in [-0.15, -0.1) is 0 Å². The number of aliphatic hydroxyl groups is 2. The first-order valence-electron chi connectivity index (χ1n) is 8.80. The van der Waals surface area contributed by atoms with E-state index in [0.717, 1.165) is 0 Å². The number of esters is 1. The highest BCUT2D eigenvalue weighted by Crippen LogP contribution is 2.60. The van der Waals surface area contributed by atoms with Crippen molar-refractivity contribution in [1.82, 2.24) is 0 Å².